The normalized spacial score (nSPS) is 13.8. The maximum Gasteiger partial charge on any atom is 0.306 e. The molecule has 1 aromatic carbocycles. The summed E-state index contributed by atoms with van der Waals surface area (Å²) in [5, 5.41) is 0.676. The summed E-state index contributed by atoms with van der Waals surface area (Å²) in [5.41, 5.74) is 0. The molecule has 0 heterocycles. The Hall–Kier alpha value is -1.22. The van der Waals surface area contributed by atoms with Crippen LogP contribution in [0.4, 0.5) is 0 Å². The van der Waals surface area contributed by atoms with Gasteiger partial charge in [0.15, 0.2) is 0 Å². The standard InChI is InChI=1S/C14H19ClO3/c1-4-17-14(16)9-10(2)11(3)18-13-7-5-12(15)6-8-13/h5-8,10-11H,4,9H2,1-3H3. The molecule has 3 nitrogen and oxygen atoms in total. The Kier molecular flexibility index (Phi) is 5.99. The third-order valence-electron chi connectivity index (χ3n) is 2.73. The van der Waals surface area contributed by atoms with E-state index < -0.39 is 0 Å². The molecule has 0 N–H and O–H groups in total. The summed E-state index contributed by atoms with van der Waals surface area (Å²) in [6, 6.07) is 7.19. The van der Waals surface area contributed by atoms with Gasteiger partial charge in [-0.05, 0) is 38.1 Å². The predicted molar refractivity (Wildman–Crippen MR) is 72.0 cm³/mol. The van der Waals surface area contributed by atoms with E-state index in [9.17, 15) is 4.79 Å². The molecule has 0 saturated carbocycles. The number of hydrogen-bond acceptors (Lipinski definition) is 3. The number of rotatable bonds is 6. The molecule has 1 rings (SSSR count). The van der Waals surface area contributed by atoms with E-state index in [-0.39, 0.29) is 18.0 Å². The second-order valence-corrected chi connectivity index (χ2v) is 4.70. The van der Waals surface area contributed by atoms with Crippen LogP contribution in [0.3, 0.4) is 0 Å². The van der Waals surface area contributed by atoms with Crippen LogP contribution >= 0.6 is 11.6 Å². The van der Waals surface area contributed by atoms with Crippen LogP contribution in [0.1, 0.15) is 27.2 Å². The van der Waals surface area contributed by atoms with Crippen molar-refractivity contribution in [2.75, 3.05) is 6.61 Å². The topological polar surface area (TPSA) is 35.5 Å². The Bertz CT molecular complexity index is 375. The largest absolute Gasteiger partial charge is 0.490 e. The summed E-state index contributed by atoms with van der Waals surface area (Å²) in [5.74, 6) is 0.666. The van der Waals surface area contributed by atoms with E-state index in [0.717, 1.165) is 5.75 Å². The predicted octanol–water partition coefficient (Wildman–Crippen LogP) is 3.70. The zero-order chi connectivity index (χ0) is 13.5. The quantitative estimate of drug-likeness (QED) is 0.740. The molecule has 0 amide bonds. The van der Waals surface area contributed by atoms with Crippen molar-refractivity contribution in [3.63, 3.8) is 0 Å². The molecule has 0 saturated heterocycles. The van der Waals surface area contributed by atoms with Crippen LogP contribution in [0.2, 0.25) is 5.02 Å². The Labute approximate surface area is 113 Å². The van der Waals surface area contributed by atoms with Gasteiger partial charge in [-0.2, -0.15) is 0 Å². The first-order valence-corrected chi connectivity index (χ1v) is 6.48. The highest BCUT2D eigenvalue weighted by Crippen LogP contribution is 2.20. The first-order chi connectivity index (χ1) is 8.52. The highest BCUT2D eigenvalue weighted by Gasteiger charge is 2.18. The summed E-state index contributed by atoms with van der Waals surface area (Å²) in [6.45, 7) is 6.13. The Morgan fingerprint density at radius 1 is 1.28 bits per heavy atom. The lowest BCUT2D eigenvalue weighted by Crippen LogP contribution is -2.24. The molecule has 0 radical (unpaired) electrons. The van der Waals surface area contributed by atoms with E-state index in [1.807, 2.05) is 26.0 Å². The highest BCUT2D eigenvalue weighted by atomic mass is 35.5. The van der Waals surface area contributed by atoms with Crippen molar-refractivity contribution in [1.82, 2.24) is 0 Å². The van der Waals surface area contributed by atoms with Gasteiger partial charge in [0.25, 0.3) is 0 Å². The van der Waals surface area contributed by atoms with E-state index >= 15 is 0 Å². The number of hydrogen-bond donors (Lipinski definition) is 0. The van der Waals surface area contributed by atoms with Gasteiger partial charge in [-0.25, -0.2) is 0 Å². The van der Waals surface area contributed by atoms with Crippen molar-refractivity contribution in [3.05, 3.63) is 29.3 Å². The van der Waals surface area contributed by atoms with Crippen molar-refractivity contribution in [1.29, 1.82) is 0 Å². The zero-order valence-electron chi connectivity index (χ0n) is 11.0. The third kappa shape index (κ3) is 4.96. The first kappa shape index (κ1) is 14.8. The smallest absolute Gasteiger partial charge is 0.306 e. The van der Waals surface area contributed by atoms with Gasteiger partial charge in [0.1, 0.15) is 5.75 Å². The van der Waals surface area contributed by atoms with E-state index in [1.54, 1.807) is 19.1 Å². The highest BCUT2D eigenvalue weighted by molar-refractivity contribution is 6.30. The minimum Gasteiger partial charge on any atom is -0.490 e. The molecule has 2 unspecified atom stereocenters. The first-order valence-electron chi connectivity index (χ1n) is 6.10. The molecular weight excluding hydrogens is 252 g/mol. The minimum atomic E-state index is -0.184. The number of carbonyl (C=O) groups excluding carboxylic acids is 1. The zero-order valence-corrected chi connectivity index (χ0v) is 11.7. The maximum absolute atomic E-state index is 11.4. The monoisotopic (exact) mass is 270 g/mol. The molecule has 100 valence electrons. The number of halogens is 1. The SMILES string of the molecule is CCOC(=O)CC(C)C(C)Oc1ccc(Cl)cc1. The van der Waals surface area contributed by atoms with Crippen molar-refractivity contribution in [2.24, 2.45) is 5.92 Å². The molecule has 4 heteroatoms. The third-order valence-corrected chi connectivity index (χ3v) is 2.98. The number of benzene rings is 1. The molecule has 0 bridgehead atoms. The van der Waals surface area contributed by atoms with Crippen molar-refractivity contribution >= 4 is 17.6 Å². The van der Waals surface area contributed by atoms with E-state index in [1.165, 1.54) is 0 Å². The number of esters is 1. The van der Waals surface area contributed by atoms with Crippen molar-refractivity contribution in [3.8, 4) is 5.75 Å². The van der Waals surface area contributed by atoms with Gasteiger partial charge >= 0.3 is 5.97 Å². The Balaban J connectivity index is 2.46. The van der Waals surface area contributed by atoms with Crippen LogP contribution in [-0.4, -0.2) is 18.7 Å². The van der Waals surface area contributed by atoms with Crippen LogP contribution in [0.25, 0.3) is 0 Å². The van der Waals surface area contributed by atoms with Crippen LogP contribution in [0, 0.1) is 5.92 Å². The molecule has 2 atom stereocenters. The summed E-state index contributed by atoms with van der Waals surface area (Å²) in [6.07, 6.45) is 0.304. The fourth-order valence-corrected chi connectivity index (χ4v) is 1.62. The Morgan fingerprint density at radius 3 is 2.44 bits per heavy atom. The summed E-state index contributed by atoms with van der Waals surface area (Å²) < 4.78 is 10.7. The lowest BCUT2D eigenvalue weighted by molar-refractivity contribution is -0.144. The van der Waals surface area contributed by atoms with Crippen LogP contribution in [0.15, 0.2) is 24.3 Å². The van der Waals surface area contributed by atoms with Crippen LogP contribution in [-0.2, 0) is 9.53 Å². The number of carbonyl (C=O) groups is 1. The van der Waals surface area contributed by atoms with Gasteiger partial charge in [-0.15, -0.1) is 0 Å². The molecule has 0 aliphatic carbocycles. The van der Waals surface area contributed by atoms with E-state index in [0.29, 0.717) is 18.1 Å². The van der Waals surface area contributed by atoms with Gasteiger partial charge in [-0.3, -0.25) is 4.79 Å². The van der Waals surface area contributed by atoms with Gasteiger partial charge in [0.05, 0.1) is 19.1 Å². The van der Waals surface area contributed by atoms with E-state index in [2.05, 4.69) is 0 Å². The second-order valence-electron chi connectivity index (χ2n) is 4.26. The lowest BCUT2D eigenvalue weighted by Gasteiger charge is -2.20. The van der Waals surface area contributed by atoms with Crippen molar-refractivity contribution in [2.45, 2.75) is 33.3 Å². The molecular formula is C14H19ClO3. The van der Waals surface area contributed by atoms with Crippen LogP contribution in [0.5, 0.6) is 5.75 Å². The van der Waals surface area contributed by atoms with Crippen LogP contribution < -0.4 is 4.74 Å². The fraction of sp³-hybridized carbons (Fsp3) is 0.500. The average molecular weight is 271 g/mol. The summed E-state index contributed by atoms with van der Waals surface area (Å²) in [7, 11) is 0. The summed E-state index contributed by atoms with van der Waals surface area (Å²) >= 11 is 5.80. The summed E-state index contributed by atoms with van der Waals surface area (Å²) in [4.78, 5) is 11.4. The molecule has 0 aromatic heterocycles. The van der Waals surface area contributed by atoms with Gasteiger partial charge in [-0.1, -0.05) is 18.5 Å². The van der Waals surface area contributed by atoms with Gasteiger partial charge < -0.3 is 9.47 Å². The van der Waals surface area contributed by atoms with E-state index in [4.69, 9.17) is 21.1 Å². The second kappa shape index (κ2) is 7.27. The number of ether oxygens (including phenoxy) is 2. The lowest BCUT2D eigenvalue weighted by atomic mass is 10.0. The van der Waals surface area contributed by atoms with Gasteiger partial charge in [0.2, 0.25) is 0 Å². The minimum absolute atomic E-state index is 0.0596. The Morgan fingerprint density at radius 2 is 1.89 bits per heavy atom. The van der Waals surface area contributed by atoms with Crippen molar-refractivity contribution < 1.29 is 14.3 Å². The molecule has 18 heavy (non-hydrogen) atoms. The molecule has 1 aromatic rings. The van der Waals surface area contributed by atoms with Gasteiger partial charge in [0, 0.05) is 10.9 Å². The molecule has 0 aliphatic heterocycles. The molecule has 0 fully saturated rings. The maximum atomic E-state index is 11.4. The average Bonchev–Trinajstić information content (AvgIpc) is 2.32. The molecule has 0 spiro atoms. The fourth-order valence-electron chi connectivity index (χ4n) is 1.49. The molecule has 0 aliphatic rings.